The van der Waals surface area contributed by atoms with Crippen LogP contribution in [0.2, 0.25) is 0 Å². The Morgan fingerprint density at radius 2 is 1.85 bits per heavy atom. The molecule has 2 fully saturated rings. The second kappa shape index (κ2) is 10.8. The molecule has 5 bridgehead atoms. The van der Waals surface area contributed by atoms with E-state index in [1.54, 1.807) is 24.0 Å². The highest BCUT2D eigenvalue weighted by atomic mass is 16.6. The van der Waals surface area contributed by atoms with E-state index in [-0.39, 0.29) is 44.5 Å². The van der Waals surface area contributed by atoms with Gasteiger partial charge in [0.1, 0.15) is 23.7 Å². The lowest BCUT2D eigenvalue weighted by molar-refractivity contribution is -0.158. The molecule has 0 aliphatic carbocycles. The standard InChI is InChI=1S/C31H33N3O7/c1-19-18-32-24(36)9-3-2-6-14-33(22-11-10-20-7-4-5-8-21(20)17-22)29(38)27-31-13-12-23(41-31)25(30(39)40-19)26(31)28(37)34(27)15-16-35/h2,4-8,10-13,17,19,23,25-27,35H,3,9,14-16,18H2,1H3,(H,32,36)/b6-2-/t19-,23+,25-,26-,27+,31-/m0/s1. The number of rotatable bonds is 3. The summed E-state index contributed by atoms with van der Waals surface area (Å²) in [6.07, 6.45) is 6.50. The number of β-amino-alcohol motifs (C(OH)–C–C–N with tert-alkyl or cyclic N) is 1. The van der Waals surface area contributed by atoms with Crippen LogP contribution in [0.15, 0.2) is 66.8 Å². The summed E-state index contributed by atoms with van der Waals surface area (Å²) in [5.74, 6) is -3.53. The minimum atomic E-state index is -1.37. The molecule has 4 aliphatic heterocycles. The molecule has 41 heavy (non-hydrogen) atoms. The van der Waals surface area contributed by atoms with E-state index >= 15 is 0 Å². The van der Waals surface area contributed by atoms with Crippen molar-refractivity contribution in [2.24, 2.45) is 11.8 Å². The number of cyclic esters (lactones) is 1. The summed E-state index contributed by atoms with van der Waals surface area (Å²) in [5.41, 5.74) is -0.742. The lowest BCUT2D eigenvalue weighted by atomic mass is 9.74. The van der Waals surface area contributed by atoms with Crippen molar-refractivity contribution < 1.29 is 33.8 Å². The molecule has 0 aromatic heterocycles. The smallest absolute Gasteiger partial charge is 0.313 e. The van der Waals surface area contributed by atoms with Gasteiger partial charge in [0.25, 0.3) is 5.91 Å². The van der Waals surface area contributed by atoms with Crippen molar-refractivity contribution in [1.29, 1.82) is 0 Å². The van der Waals surface area contributed by atoms with Crippen molar-refractivity contribution in [3.63, 3.8) is 0 Å². The summed E-state index contributed by atoms with van der Waals surface area (Å²) in [5, 5.41) is 14.6. The Morgan fingerprint density at radius 1 is 1.05 bits per heavy atom. The molecule has 6 rings (SSSR count). The van der Waals surface area contributed by atoms with E-state index in [0.29, 0.717) is 12.1 Å². The van der Waals surface area contributed by atoms with Crippen LogP contribution in [-0.2, 0) is 28.7 Å². The maximum absolute atomic E-state index is 14.6. The number of carbonyl (C=O) groups is 4. The van der Waals surface area contributed by atoms with Crippen LogP contribution in [0.1, 0.15) is 19.8 Å². The zero-order chi connectivity index (χ0) is 28.7. The minimum absolute atomic E-state index is 0.0824. The van der Waals surface area contributed by atoms with Gasteiger partial charge in [-0.15, -0.1) is 0 Å². The van der Waals surface area contributed by atoms with Gasteiger partial charge < -0.3 is 29.7 Å². The largest absolute Gasteiger partial charge is 0.460 e. The first-order valence-corrected chi connectivity index (χ1v) is 14.0. The Morgan fingerprint density at radius 3 is 2.66 bits per heavy atom. The highest BCUT2D eigenvalue weighted by Gasteiger charge is 2.73. The van der Waals surface area contributed by atoms with Gasteiger partial charge in [-0.25, -0.2) is 0 Å². The number of hydrogen-bond acceptors (Lipinski definition) is 7. The van der Waals surface area contributed by atoms with Gasteiger partial charge in [-0.2, -0.15) is 0 Å². The first-order valence-electron chi connectivity index (χ1n) is 14.0. The van der Waals surface area contributed by atoms with Crippen LogP contribution in [0.25, 0.3) is 10.8 Å². The van der Waals surface area contributed by atoms with Crippen LogP contribution < -0.4 is 10.2 Å². The average molecular weight is 560 g/mol. The van der Waals surface area contributed by atoms with Crippen molar-refractivity contribution in [1.82, 2.24) is 10.2 Å². The van der Waals surface area contributed by atoms with Crippen LogP contribution in [0, 0.1) is 11.8 Å². The Hall–Kier alpha value is -4.02. The molecule has 1 spiro atoms. The van der Waals surface area contributed by atoms with E-state index in [0.717, 1.165) is 10.8 Å². The molecule has 2 aromatic rings. The normalized spacial score (nSPS) is 32.8. The third-order valence-electron chi connectivity index (χ3n) is 8.43. The molecule has 10 nitrogen and oxygen atoms in total. The van der Waals surface area contributed by atoms with Crippen LogP contribution in [-0.4, -0.2) is 83.8 Å². The average Bonchev–Trinajstić information content (AvgIpc) is 3.60. The zero-order valence-electron chi connectivity index (χ0n) is 22.8. The Kier molecular flexibility index (Phi) is 7.13. The predicted octanol–water partition coefficient (Wildman–Crippen LogP) is 1.71. The Labute approximate surface area is 237 Å². The maximum atomic E-state index is 14.6. The summed E-state index contributed by atoms with van der Waals surface area (Å²) >= 11 is 0. The first-order chi connectivity index (χ1) is 19.8. The van der Waals surface area contributed by atoms with E-state index in [4.69, 9.17) is 9.47 Å². The van der Waals surface area contributed by atoms with E-state index in [1.165, 1.54) is 4.90 Å². The number of nitrogens with one attached hydrogen (secondary N) is 1. The molecule has 3 amide bonds. The molecule has 0 saturated carbocycles. The highest BCUT2D eigenvalue weighted by molar-refractivity contribution is 6.06. The number of likely N-dealkylation sites (tertiary alicyclic amines) is 1. The van der Waals surface area contributed by atoms with E-state index in [1.807, 2.05) is 54.6 Å². The fourth-order valence-electron chi connectivity index (χ4n) is 6.56. The van der Waals surface area contributed by atoms with Gasteiger partial charge >= 0.3 is 5.97 Å². The van der Waals surface area contributed by atoms with Crippen molar-refractivity contribution in [3.8, 4) is 0 Å². The number of ether oxygens (including phenoxy) is 2. The number of amides is 3. The van der Waals surface area contributed by atoms with E-state index in [9.17, 15) is 24.3 Å². The van der Waals surface area contributed by atoms with Gasteiger partial charge in [-0.1, -0.05) is 54.6 Å². The molecule has 4 aliphatic rings. The number of aliphatic hydroxyl groups is 1. The summed E-state index contributed by atoms with van der Waals surface area (Å²) < 4.78 is 12.0. The third-order valence-corrected chi connectivity index (χ3v) is 8.43. The van der Waals surface area contributed by atoms with Crippen molar-refractivity contribution in [2.75, 3.05) is 31.1 Å². The van der Waals surface area contributed by atoms with Gasteiger partial charge in [0.2, 0.25) is 11.8 Å². The second-order valence-electron chi connectivity index (χ2n) is 11.0. The summed E-state index contributed by atoms with van der Waals surface area (Å²) in [6.45, 7) is 1.56. The molecular formula is C31H33N3O7. The number of fused-ring (bicyclic) bond motifs is 3. The third kappa shape index (κ3) is 4.61. The fourth-order valence-corrected chi connectivity index (χ4v) is 6.56. The lowest BCUT2D eigenvalue weighted by Crippen LogP contribution is -2.56. The van der Waals surface area contributed by atoms with Gasteiger partial charge in [0.05, 0.1) is 25.2 Å². The number of esters is 1. The number of aliphatic hydroxyl groups excluding tert-OH is 1. The number of anilines is 1. The van der Waals surface area contributed by atoms with Gasteiger partial charge in [-0.3, -0.25) is 19.2 Å². The molecule has 6 atom stereocenters. The van der Waals surface area contributed by atoms with Crippen molar-refractivity contribution in [3.05, 3.63) is 66.8 Å². The van der Waals surface area contributed by atoms with Crippen molar-refractivity contribution >= 4 is 40.2 Å². The zero-order valence-corrected chi connectivity index (χ0v) is 22.8. The topological polar surface area (TPSA) is 125 Å². The molecule has 4 heterocycles. The molecular weight excluding hydrogens is 526 g/mol. The Bertz CT molecular complexity index is 1450. The lowest BCUT2D eigenvalue weighted by Gasteiger charge is -2.35. The molecule has 0 radical (unpaired) electrons. The van der Waals surface area contributed by atoms with Crippen LogP contribution in [0.3, 0.4) is 0 Å². The fraction of sp³-hybridized carbons (Fsp3) is 0.419. The number of hydrogen-bond donors (Lipinski definition) is 2. The number of nitrogens with zero attached hydrogens (tertiary/aromatic N) is 2. The molecule has 214 valence electrons. The quantitative estimate of drug-likeness (QED) is 0.433. The number of benzene rings is 2. The van der Waals surface area contributed by atoms with Crippen LogP contribution >= 0.6 is 0 Å². The summed E-state index contributed by atoms with van der Waals surface area (Å²) in [7, 11) is 0. The van der Waals surface area contributed by atoms with Crippen molar-refractivity contribution in [2.45, 2.75) is 43.6 Å². The SMILES string of the molecule is C[C@H]1CNC(=O)CC/C=C\CN(c2ccc3ccccc3c2)C(=O)[C@H]2N(CCO)C(=O)[C@@H]3[C@@H](C(=O)O1)[C@H]1C=C[C@]32O1. The minimum Gasteiger partial charge on any atom is -0.460 e. The molecule has 2 aromatic carbocycles. The van der Waals surface area contributed by atoms with E-state index < -0.39 is 47.6 Å². The number of allylic oxidation sites excluding steroid dienone is 1. The van der Waals surface area contributed by atoms with Gasteiger partial charge in [0.15, 0.2) is 0 Å². The summed E-state index contributed by atoms with van der Waals surface area (Å²) in [6, 6.07) is 12.4. The Balaban J connectivity index is 1.44. The van der Waals surface area contributed by atoms with Crippen LogP contribution in [0.5, 0.6) is 0 Å². The molecule has 0 unspecified atom stereocenters. The second-order valence-corrected chi connectivity index (χ2v) is 11.0. The molecule has 2 N–H and O–H groups in total. The first kappa shape index (κ1) is 27.2. The van der Waals surface area contributed by atoms with Crippen LogP contribution in [0.4, 0.5) is 5.69 Å². The monoisotopic (exact) mass is 559 g/mol. The van der Waals surface area contributed by atoms with E-state index in [2.05, 4.69) is 5.32 Å². The van der Waals surface area contributed by atoms with Gasteiger partial charge in [0, 0.05) is 25.2 Å². The highest BCUT2D eigenvalue weighted by Crippen LogP contribution is 2.55. The maximum Gasteiger partial charge on any atom is 0.313 e. The summed E-state index contributed by atoms with van der Waals surface area (Å²) in [4.78, 5) is 57.2. The number of carbonyl (C=O) groups excluding carboxylic acids is 4. The molecule has 10 heteroatoms. The molecule has 2 saturated heterocycles. The predicted molar refractivity (Wildman–Crippen MR) is 150 cm³/mol. The van der Waals surface area contributed by atoms with Gasteiger partial charge in [-0.05, 0) is 36.2 Å².